The number of ether oxygens (including phenoxy) is 1. The zero-order chi connectivity index (χ0) is 28.8. The van der Waals surface area contributed by atoms with Crippen molar-refractivity contribution >= 4 is 73.3 Å². The van der Waals surface area contributed by atoms with Gasteiger partial charge in [-0.1, -0.05) is 28.8 Å². The van der Waals surface area contributed by atoms with Gasteiger partial charge < -0.3 is 20.6 Å². The fraction of sp³-hybridized carbons (Fsp3) is 0.360. The fourth-order valence-corrected chi connectivity index (χ4v) is 7.23. The van der Waals surface area contributed by atoms with Crippen molar-refractivity contribution in [2.75, 3.05) is 18.6 Å². The highest BCUT2D eigenvalue weighted by atomic mass is 32.2. The van der Waals surface area contributed by atoms with E-state index in [1.165, 1.54) is 35.3 Å². The lowest BCUT2D eigenvalue weighted by Gasteiger charge is -2.50. The van der Waals surface area contributed by atoms with E-state index in [9.17, 15) is 19.2 Å². The van der Waals surface area contributed by atoms with Gasteiger partial charge in [0.2, 0.25) is 0 Å². The molecule has 3 aromatic rings. The Labute approximate surface area is 241 Å². The molecule has 3 N–H and O–H groups in total. The van der Waals surface area contributed by atoms with Gasteiger partial charge in [-0.25, -0.2) is 9.78 Å². The van der Waals surface area contributed by atoms with Crippen LogP contribution in [0.1, 0.15) is 26.5 Å². The predicted octanol–water partition coefficient (Wildman–Crippen LogP) is 2.15. The smallest absolute Gasteiger partial charge is 0.355 e. The molecule has 2 amide bonds. The van der Waals surface area contributed by atoms with Crippen LogP contribution in [0.4, 0.5) is 5.13 Å². The number of rotatable bonds is 7. The van der Waals surface area contributed by atoms with Crippen molar-refractivity contribution in [3.05, 3.63) is 57.0 Å². The molecule has 2 aromatic heterocycles. The highest BCUT2D eigenvalue weighted by molar-refractivity contribution is 8.00. The van der Waals surface area contributed by atoms with Crippen LogP contribution in [0.5, 0.6) is 0 Å². The van der Waals surface area contributed by atoms with Gasteiger partial charge in [0.1, 0.15) is 35.5 Å². The topological polar surface area (TPSA) is 158 Å². The van der Waals surface area contributed by atoms with Crippen LogP contribution in [0, 0.1) is 0 Å². The molecule has 40 heavy (non-hydrogen) atoms. The predicted molar refractivity (Wildman–Crippen MR) is 154 cm³/mol. The molecule has 0 bridgehead atoms. The average Bonchev–Trinajstić information content (AvgIpc) is 3.47. The molecule has 2 aliphatic heterocycles. The Balaban J connectivity index is 1.44. The summed E-state index contributed by atoms with van der Waals surface area (Å²) in [7, 11) is 1.29. The number of aromatic nitrogens is 2. The Morgan fingerprint density at radius 2 is 2.00 bits per heavy atom. The lowest BCUT2D eigenvalue weighted by atomic mass is 10.0. The van der Waals surface area contributed by atoms with Crippen molar-refractivity contribution in [3.8, 4) is 0 Å². The maximum absolute atomic E-state index is 13.4. The van der Waals surface area contributed by atoms with Crippen LogP contribution in [-0.2, 0) is 30.5 Å². The van der Waals surface area contributed by atoms with E-state index in [4.69, 9.17) is 15.3 Å². The summed E-state index contributed by atoms with van der Waals surface area (Å²) in [6.45, 7) is 5.34. The number of carbonyl (C=O) groups excluding carboxylic acids is 3. The molecule has 15 heteroatoms. The van der Waals surface area contributed by atoms with Crippen LogP contribution in [0.15, 0.2) is 50.9 Å². The van der Waals surface area contributed by atoms with E-state index in [0.717, 1.165) is 16.0 Å². The monoisotopic (exact) mass is 602 g/mol. The first-order chi connectivity index (χ1) is 19.0. The van der Waals surface area contributed by atoms with Crippen molar-refractivity contribution in [1.82, 2.24) is 19.2 Å². The molecule has 2 aliphatic rings. The summed E-state index contributed by atoms with van der Waals surface area (Å²) in [6.07, 6.45) is 0. The Morgan fingerprint density at radius 3 is 2.65 bits per heavy atom. The number of oxime groups is 1. The summed E-state index contributed by atoms with van der Waals surface area (Å²) in [6, 6.07) is 6.34. The van der Waals surface area contributed by atoms with Crippen molar-refractivity contribution in [3.63, 3.8) is 0 Å². The van der Waals surface area contributed by atoms with Gasteiger partial charge in [-0.15, -0.1) is 23.1 Å². The van der Waals surface area contributed by atoms with Gasteiger partial charge in [0.05, 0.1) is 16.6 Å². The Kier molecular flexibility index (Phi) is 7.46. The molecule has 5 rings (SSSR count). The summed E-state index contributed by atoms with van der Waals surface area (Å²) in [5.41, 5.74) is 5.48. The highest BCUT2D eigenvalue weighted by Gasteiger charge is 2.55. The first-order valence-electron chi connectivity index (χ1n) is 12.1. The van der Waals surface area contributed by atoms with Crippen molar-refractivity contribution in [2.24, 2.45) is 5.16 Å². The number of fused-ring (bicyclic) bond motifs is 2. The molecule has 210 valence electrons. The first-order valence-corrected chi connectivity index (χ1v) is 14.8. The molecule has 2 atom stereocenters. The third-order valence-corrected chi connectivity index (χ3v) is 9.06. The van der Waals surface area contributed by atoms with Crippen molar-refractivity contribution in [1.29, 1.82) is 0 Å². The number of benzene rings is 1. The zero-order valence-electron chi connectivity index (χ0n) is 22.0. The van der Waals surface area contributed by atoms with Gasteiger partial charge >= 0.3 is 5.97 Å². The number of esters is 1. The molecule has 0 aliphatic carbocycles. The number of hydrogen-bond acceptors (Lipinski definition) is 12. The minimum absolute atomic E-state index is 0.0941. The molecule has 4 heterocycles. The van der Waals surface area contributed by atoms with Crippen LogP contribution in [-0.4, -0.2) is 67.2 Å². The Morgan fingerprint density at radius 1 is 1.25 bits per heavy atom. The summed E-state index contributed by atoms with van der Waals surface area (Å²) < 4.78 is 8.05. The second kappa shape index (κ2) is 10.7. The number of amides is 2. The summed E-state index contributed by atoms with van der Waals surface area (Å²) >= 11 is 3.81. The Bertz CT molecular complexity index is 1630. The number of anilines is 1. The summed E-state index contributed by atoms with van der Waals surface area (Å²) in [5.74, 6) is -1.48. The molecule has 12 nitrogen and oxygen atoms in total. The molecular formula is C25H26N6O6S3. The number of nitrogens with two attached hydrogens (primary N) is 1. The van der Waals surface area contributed by atoms with E-state index in [1.54, 1.807) is 42.2 Å². The third-order valence-electron chi connectivity index (χ3n) is 5.98. The van der Waals surface area contributed by atoms with Crippen LogP contribution in [0.2, 0.25) is 0 Å². The van der Waals surface area contributed by atoms with Gasteiger partial charge in [-0.2, -0.15) is 0 Å². The highest BCUT2D eigenvalue weighted by Crippen LogP contribution is 2.41. The van der Waals surface area contributed by atoms with E-state index in [-0.39, 0.29) is 34.3 Å². The molecular weight excluding hydrogens is 577 g/mol. The average molecular weight is 603 g/mol. The quantitative estimate of drug-likeness (QED) is 0.179. The van der Waals surface area contributed by atoms with E-state index in [2.05, 4.69) is 15.5 Å². The second-order valence-corrected chi connectivity index (χ2v) is 13.0. The lowest BCUT2D eigenvalue weighted by molar-refractivity contribution is -0.158. The van der Waals surface area contributed by atoms with Crippen LogP contribution in [0.3, 0.4) is 0 Å². The second-order valence-electron chi connectivity index (χ2n) is 9.94. The summed E-state index contributed by atoms with van der Waals surface area (Å²) in [4.78, 5) is 63.1. The number of nitrogen functional groups attached to an aromatic ring is 1. The van der Waals surface area contributed by atoms with E-state index >= 15 is 0 Å². The van der Waals surface area contributed by atoms with Crippen LogP contribution in [0.25, 0.3) is 10.1 Å². The molecule has 1 aromatic carbocycles. The lowest BCUT2D eigenvalue weighted by Crippen LogP contribution is -2.71. The van der Waals surface area contributed by atoms with Crippen LogP contribution < -0.4 is 16.6 Å². The van der Waals surface area contributed by atoms with Gasteiger partial charge in [-0.05, 0) is 38.5 Å². The number of thioether (sulfide) groups is 1. The molecule has 0 spiro atoms. The molecule has 0 unspecified atom stereocenters. The minimum atomic E-state index is -0.929. The molecule has 0 saturated carbocycles. The largest absolute Gasteiger partial charge is 0.455 e. The number of nitrogens with zero attached hydrogens (tertiary/aromatic N) is 4. The molecule has 1 fully saturated rings. The van der Waals surface area contributed by atoms with Gasteiger partial charge in [0.15, 0.2) is 10.8 Å². The molecule has 1 saturated heterocycles. The van der Waals surface area contributed by atoms with Gasteiger partial charge in [0, 0.05) is 11.1 Å². The van der Waals surface area contributed by atoms with Crippen molar-refractivity contribution < 1.29 is 24.0 Å². The zero-order valence-corrected chi connectivity index (χ0v) is 24.4. The number of thiazole rings is 1. The maximum Gasteiger partial charge on any atom is 0.355 e. The number of β-lactam (4-membered cyclic amide) rings is 1. The van der Waals surface area contributed by atoms with Gasteiger partial charge in [-0.3, -0.25) is 23.2 Å². The minimum Gasteiger partial charge on any atom is -0.455 e. The van der Waals surface area contributed by atoms with E-state index < -0.39 is 34.8 Å². The SMILES string of the molecule is CON=C(C(=O)N[C@@H]1C(=O)N2C(C(=O)OC(C)(C)C)=C(Cn3sc4ccccc4c3=O)CS[C@H]12)c1csc(N)n1. The Hall–Kier alpha value is -3.69. The summed E-state index contributed by atoms with van der Waals surface area (Å²) in [5, 5.41) is 8.29. The van der Waals surface area contributed by atoms with Crippen LogP contribution >= 0.6 is 34.6 Å². The number of hydrogen-bond donors (Lipinski definition) is 2. The van der Waals surface area contributed by atoms with E-state index in [1.807, 2.05) is 12.1 Å². The number of nitrogens with one attached hydrogen (secondary N) is 1. The molecule has 0 radical (unpaired) electrons. The van der Waals surface area contributed by atoms with E-state index in [0.29, 0.717) is 16.7 Å². The third kappa shape index (κ3) is 5.23. The van der Waals surface area contributed by atoms with Crippen molar-refractivity contribution in [2.45, 2.75) is 44.3 Å². The number of carbonyl (C=O) groups is 3. The van der Waals surface area contributed by atoms with Gasteiger partial charge in [0.25, 0.3) is 17.4 Å². The normalized spacial score (nSPS) is 19.4. The standard InChI is InChI=1S/C25H26N6O6S3/c1-25(2,3)37-23(35)18-12(9-30-20(33)13-7-5-6-8-15(13)40-30)10-38-22-17(21(34)31(18)22)28-19(32)16(29-36-4)14-11-39-24(26)27-14/h5-8,11,17,22H,9-10H2,1-4H3,(H2,26,27)(H,28,32)/t17-,22-/m1/s1. The first kappa shape index (κ1) is 27.9. The fourth-order valence-electron chi connectivity index (χ4n) is 4.32. The maximum atomic E-state index is 13.4.